The molecule has 0 spiro atoms. The van der Waals surface area contributed by atoms with E-state index in [4.69, 9.17) is 0 Å². The van der Waals surface area contributed by atoms with Crippen molar-refractivity contribution in [3.63, 3.8) is 0 Å². The third-order valence-corrected chi connectivity index (χ3v) is 5.05. The van der Waals surface area contributed by atoms with E-state index in [0.29, 0.717) is 11.6 Å². The molecule has 0 heterocycles. The molecular formula is C14H21IN2O3S. The van der Waals surface area contributed by atoms with Crippen LogP contribution >= 0.6 is 22.6 Å². The van der Waals surface area contributed by atoms with Gasteiger partial charge >= 0.3 is 0 Å². The van der Waals surface area contributed by atoms with Crippen molar-refractivity contribution in [3.8, 4) is 0 Å². The summed E-state index contributed by atoms with van der Waals surface area (Å²) in [6, 6.07) is 7.01. The van der Waals surface area contributed by atoms with Crippen LogP contribution in [0.5, 0.6) is 0 Å². The van der Waals surface area contributed by atoms with E-state index >= 15 is 0 Å². The highest BCUT2D eigenvalue weighted by molar-refractivity contribution is 14.1. The summed E-state index contributed by atoms with van der Waals surface area (Å²) in [6.07, 6.45) is 1.10. The van der Waals surface area contributed by atoms with Gasteiger partial charge in [-0.05, 0) is 59.7 Å². The summed E-state index contributed by atoms with van der Waals surface area (Å²) in [7, 11) is -3.51. The average molecular weight is 424 g/mol. The van der Waals surface area contributed by atoms with E-state index in [-0.39, 0.29) is 18.5 Å². The van der Waals surface area contributed by atoms with E-state index in [9.17, 15) is 13.2 Å². The Morgan fingerprint density at radius 3 is 2.19 bits per heavy atom. The molecule has 1 rings (SSSR count). The van der Waals surface area contributed by atoms with Gasteiger partial charge in [-0.25, -0.2) is 8.42 Å². The number of halogens is 1. The topological polar surface area (TPSA) is 66.5 Å². The van der Waals surface area contributed by atoms with Gasteiger partial charge in [0.25, 0.3) is 0 Å². The number of hydrogen-bond acceptors (Lipinski definition) is 3. The van der Waals surface area contributed by atoms with Gasteiger partial charge in [-0.15, -0.1) is 0 Å². The second-order valence-electron chi connectivity index (χ2n) is 5.35. The highest BCUT2D eigenvalue weighted by Gasteiger charge is 2.22. The van der Waals surface area contributed by atoms with Crippen LogP contribution < -0.4 is 9.62 Å². The first-order chi connectivity index (χ1) is 9.61. The van der Waals surface area contributed by atoms with Crippen molar-refractivity contribution in [2.24, 2.45) is 5.92 Å². The van der Waals surface area contributed by atoms with Crippen molar-refractivity contribution in [2.45, 2.75) is 26.8 Å². The lowest BCUT2D eigenvalue weighted by atomic mass is 10.1. The molecule has 1 unspecified atom stereocenters. The molecule has 1 N–H and O–H groups in total. The molecule has 21 heavy (non-hydrogen) atoms. The summed E-state index contributed by atoms with van der Waals surface area (Å²) < 4.78 is 26.0. The molecular weight excluding hydrogens is 403 g/mol. The van der Waals surface area contributed by atoms with E-state index in [1.165, 1.54) is 0 Å². The fraction of sp³-hybridized carbons (Fsp3) is 0.500. The lowest BCUT2D eigenvalue weighted by molar-refractivity contribution is -0.120. The molecule has 1 atom stereocenters. The van der Waals surface area contributed by atoms with Crippen molar-refractivity contribution < 1.29 is 13.2 Å². The minimum atomic E-state index is -3.51. The van der Waals surface area contributed by atoms with Gasteiger partial charge in [-0.3, -0.25) is 9.10 Å². The standard InChI is InChI=1S/C14H21IN2O3S/c1-10(2)11(3)16-14(18)9-17(21(4,19)20)13-7-5-12(15)6-8-13/h5-8,10-11H,9H2,1-4H3,(H,16,18). The largest absolute Gasteiger partial charge is 0.352 e. The quantitative estimate of drug-likeness (QED) is 0.713. The number of carbonyl (C=O) groups is 1. The highest BCUT2D eigenvalue weighted by Crippen LogP contribution is 2.18. The smallest absolute Gasteiger partial charge is 0.240 e. The zero-order valence-electron chi connectivity index (χ0n) is 12.6. The van der Waals surface area contributed by atoms with Gasteiger partial charge in [0.05, 0.1) is 11.9 Å². The Labute approximate surface area is 140 Å². The monoisotopic (exact) mass is 424 g/mol. The van der Waals surface area contributed by atoms with E-state index < -0.39 is 10.0 Å². The van der Waals surface area contributed by atoms with Crippen LogP contribution in [0, 0.1) is 9.49 Å². The normalized spacial score (nSPS) is 13.0. The van der Waals surface area contributed by atoms with Crippen LogP contribution in [-0.2, 0) is 14.8 Å². The van der Waals surface area contributed by atoms with Gasteiger partial charge in [0.1, 0.15) is 6.54 Å². The molecule has 0 fully saturated rings. The van der Waals surface area contributed by atoms with E-state index in [1.807, 2.05) is 32.9 Å². The minimum Gasteiger partial charge on any atom is -0.352 e. The highest BCUT2D eigenvalue weighted by atomic mass is 127. The Kier molecular flexibility index (Phi) is 6.45. The first-order valence-electron chi connectivity index (χ1n) is 6.64. The summed E-state index contributed by atoms with van der Waals surface area (Å²) >= 11 is 2.14. The summed E-state index contributed by atoms with van der Waals surface area (Å²) in [5.74, 6) is -0.0147. The van der Waals surface area contributed by atoms with Gasteiger partial charge in [0, 0.05) is 9.61 Å². The molecule has 0 saturated heterocycles. The Hall–Kier alpha value is -0.830. The van der Waals surface area contributed by atoms with Gasteiger partial charge in [0.15, 0.2) is 0 Å². The minimum absolute atomic E-state index is 0.00404. The van der Waals surface area contributed by atoms with Gasteiger partial charge < -0.3 is 5.32 Å². The van der Waals surface area contributed by atoms with Crippen molar-refractivity contribution in [2.75, 3.05) is 17.1 Å². The molecule has 0 radical (unpaired) electrons. The molecule has 7 heteroatoms. The molecule has 0 aliphatic carbocycles. The van der Waals surface area contributed by atoms with Crippen LogP contribution in [-0.4, -0.2) is 33.2 Å². The third kappa shape index (κ3) is 5.82. The summed E-state index contributed by atoms with van der Waals surface area (Å²) in [4.78, 5) is 12.0. The van der Waals surface area contributed by atoms with Crippen LogP contribution in [0.25, 0.3) is 0 Å². The maximum absolute atomic E-state index is 12.0. The molecule has 118 valence electrons. The Morgan fingerprint density at radius 1 is 1.24 bits per heavy atom. The maximum atomic E-state index is 12.0. The number of hydrogen-bond donors (Lipinski definition) is 1. The number of benzene rings is 1. The lowest BCUT2D eigenvalue weighted by Gasteiger charge is -2.24. The first-order valence-corrected chi connectivity index (χ1v) is 9.56. The molecule has 0 bridgehead atoms. The Bertz CT molecular complexity index is 585. The van der Waals surface area contributed by atoms with Crippen LogP contribution in [0.3, 0.4) is 0 Å². The Balaban J connectivity index is 2.91. The van der Waals surface area contributed by atoms with Crippen LogP contribution in [0.2, 0.25) is 0 Å². The van der Waals surface area contributed by atoms with E-state index in [1.54, 1.807) is 12.1 Å². The predicted molar refractivity (Wildman–Crippen MR) is 93.8 cm³/mol. The van der Waals surface area contributed by atoms with Gasteiger partial charge in [0.2, 0.25) is 15.9 Å². The van der Waals surface area contributed by atoms with Crippen LogP contribution in [0.4, 0.5) is 5.69 Å². The second-order valence-corrected chi connectivity index (χ2v) is 8.50. The number of carbonyl (C=O) groups excluding carboxylic acids is 1. The SMILES string of the molecule is CC(C)C(C)NC(=O)CN(c1ccc(I)cc1)S(C)(=O)=O. The Morgan fingerprint density at radius 2 is 1.76 bits per heavy atom. The second kappa shape index (κ2) is 7.44. The first kappa shape index (κ1) is 18.2. The molecule has 1 amide bonds. The van der Waals surface area contributed by atoms with Gasteiger partial charge in [-0.1, -0.05) is 13.8 Å². The molecule has 0 saturated carbocycles. The number of sulfonamides is 1. The zero-order valence-corrected chi connectivity index (χ0v) is 15.6. The van der Waals surface area contributed by atoms with Crippen LogP contribution in [0.15, 0.2) is 24.3 Å². The maximum Gasteiger partial charge on any atom is 0.240 e. The summed E-state index contributed by atoms with van der Waals surface area (Å²) in [6.45, 7) is 5.69. The van der Waals surface area contributed by atoms with Crippen LogP contribution in [0.1, 0.15) is 20.8 Å². The number of nitrogens with one attached hydrogen (secondary N) is 1. The molecule has 0 aliphatic heterocycles. The summed E-state index contributed by atoms with van der Waals surface area (Å²) in [5.41, 5.74) is 0.491. The predicted octanol–water partition coefficient (Wildman–Crippen LogP) is 2.22. The molecule has 1 aromatic rings. The molecule has 5 nitrogen and oxygen atoms in total. The molecule has 0 aromatic heterocycles. The molecule has 0 aliphatic rings. The van der Waals surface area contributed by atoms with Crippen molar-refractivity contribution in [3.05, 3.63) is 27.8 Å². The fourth-order valence-corrected chi connectivity index (χ4v) is 2.82. The summed E-state index contributed by atoms with van der Waals surface area (Å²) in [5, 5.41) is 2.82. The number of amides is 1. The number of nitrogens with zero attached hydrogens (tertiary/aromatic N) is 1. The third-order valence-electron chi connectivity index (χ3n) is 3.19. The van der Waals surface area contributed by atoms with Crippen molar-refractivity contribution in [1.82, 2.24) is 5.32 Å². The fourth-order valence-electron chi connectivity index (χ4n) is 1.60. The molecule has 1 aromatic carbocycles. The average Bonchev–Trinajstić information content (AvgIpc) is 2.35. The van der Waals surface area contributed by atoms with Crippen molar-refractivity contribution in [1.29, 1.82) is 0 Å². The van der Waals surface area contributed by atoms with E-state index in [2.05, 4.69) is 27.9 Å². The van der Waals surface area contributed by atoms with Gasteiger partial charge in [-0.2, -0.15) is 0 Å². The zero-order chi connectivity index (χ0) is 16.2. The lowest BCUT2D eigenvalue weighted by Crippen LogP contribution is -2.44. The van der Waals surface area contributed by atoms with E-state index in [0.717, 1.165) is 14.1 Å². The number of rotatable bonds is 6. The number of anilines is 1. The van der Waals surface area contributed by atoms with Crippen molar-refractivity contribution >= 4 is 44.2 Å².